The highest BCUT2D eigenvalue weighted by atomic mass is 32.1. The highest BCUT2D eigenvalue weighted by molar-refractivity contribution is 7.21. The number of ether oxygens (including phenoxy) is 1. The molecular weight excluding hydrogens is 294 g/mol. The largest absolute Gasteiger partial charge is 0.410 e. The van der Waals surface area contributed by atoms with Crippen molar-refractivity contribution >= 4 is 44.7 Å². The van der Waals surface area contributed by atoms with Crippen LogP contribution in [0.5, 0.6) is 5.06 Å². The lowest BCUT2D eigenvalue weighted by molar-refractivity contribution is 0.212. The van der Waals surface area contributed by atoms with Crippen LogP contribution < -0.4 is 16.2 Å². The van der Waals surface area contributed by atoms with E-state index < -0.39 is 6.09 Å². The van der Waals surface area contributed by atoms with Crippen LogP contribution in [0.4, 0.5) is 10.5 Å². The van der Waals surface area contributed by atoms with Gasteiger partial charge in [-0.05, 0) is 30.0 Å². The van der Waals surface area contributed by atoms with Crippen LogP contribution in [0.15, 0.2) is 23.6 Å². The summed E-state index contributed by atoms with van der Waals surface area (Å²) in [4.78, 5) is 17.3. The number of hydrogen-bond donors (Lipinski definition) is 2. The molecule has 0 radical (unpaired) electrons. The molecule has 4 N–H and O–H groups in total. The molecule has 3 aromatic heterocycles. The van der Waals surface area contributed by atoms with Crippen LogP contribution in [0.25, 0.3) is 20.8 Å². The first kappa shape index (κ1) is 12.9. The molecule has 0 unspecified atom stereocenters. The smallest absolute Gasteiger partial charge is 0.397 e. The molecule has 0 spiro atoms. The van der Waals surface area contributed by atoms with Gasteiger partial charge in [0.15, 0.2) is 0 Å². The average molecular weight is 305 g/mol. The van der Waals surface area contributed by atoms with Gasteiger partial charge in [-0.25, -0.2) is 9.78 Å². The number of anilines is 1. The number of carbonyl (C=O) groups is 1. The second kappa shape index (κ2) is 4.77. The van der Waals surface area contributed by atoms with Crippen molar-refractivity contribution in [2.24, 2.45) is 5.73 Å². The second-order valence-electron chi connectivity index (χ2n) is 4.21. The van der Waals surface area contributed by atoms with Crippen molar-refractivity contribution in [2.45, 2.75) is 6.92 Å². The molecule has 0 fully saturated rings. The summed E-state index contributed by atoms with van der Waals surface area (Å²) in [5.41, 5.74) is 13.3. The van der Waals surface area contributed by atoms with Crippen molar-refractivity contribution in [2.75, 3.05) is 5.73 Å². The Labute approximate surface area is 122 Å². The van der Waals surface area contributed by atoms with Crippen molar-refractivity contribution in [3.63, 3.8) is 0 Å². The van der Waals surface area contributed by atoms with E-state index in [1.54, 1.807) is 11.3 Å². The van der Waals surface area contributed by atoms with Crippen molar-refractivity contribution in [3.8, 4) is 15.6 Å². The van der Waals surface area contributed by atoms with Gasteiger partial charge in [0.1, 0.15) is 4.83 Å². The predicted molar refractivity (Wildman–Crippen MR) is 82.3 cm³/mol. The van der Waals surface area contributed by atoms with Gasteiger partial charge in [-0.2, -0.15) is 0 Å². The zero-order valence-corrected chi connectivity index (χ0v) is 12.2. The summed E-state index contributed by atoms with van der Waals surface area (Å²) in [6.07, 6.45) is -0.876. The Morgan fingerprint density at radius 2 is 2.25 bits per heavy atom. The summed E-state index contributed by atoms with van der Waals surface area (Å²) in [5.74, 6) is 0. The predicted octanol–water partition coefficient (Wildman–Crippen LogP) is 3.37. The molecule has 0 saturated heterocycles. The van der Waals surface area contributed by atoms with Gasteiger partial charge in [-0.15, -0.1) is 11.3 Å². The first-order valence-corrected chi connectivity index (χ1v) is 7.46. The normalized spacial score (nSPS) is 10.8. The van der Waals surface area contributed by atoms with Crippen LogP contribution in [-0.2, 0) is 0 Å². The molecule has 0 aliphatic carbocycles. The van der Waals surface area contributed by atoms with E-state index >= 15 is 0 Å². The summed E-state index contributed by atoms with van der Waals surface area (Å²) < 4.78 is 4.91. The van der Waals surface area contributed by atoms with E-state index in [-0.39, 0.29) is 0 Å². The molecule has 20 heavy (non-hydrogen) atoms. The summed E-state index contributed by atoms with van der Waals surface area (Å²) in [5, 5.41) is 3.11. The van der Waals surface area contributed by atoms with E-state index in [0.717, 1.165) is 26.4 Å². The maximum Gasteiger partial charge on any atom is 0.410 e. The fourth-order valence-electron chi connectivity index (χ4n) is 2.01. The number of hydrogen-bond acceptors (Lipinski definition) is 6. The molecule has 7 heteroatoms. The fraction of sp³-hybridized carbons (Fsp3) is 0.0769. The first-order valence-electron chi connectivity index (χ1n) is 5.77. The zero-order chi connectivity index (χ0) is 14.3. The fourth-order valence-corrected chi connectivity index (χ4v) is 3.72. The number of aromatic nitrogens is 1. The lowest BCUT2D eigenvalue weighted by Gasteiger charge is -2.02. The summed E-state index contributed by atoms with van der Waals surface area (Å²) >= 11 is 2.84. The molecule has 0 aromatic carbocycles. The Balaban J connectivity index is 2.19. The molecule has 1 amide bonds. The first-order chi connectivity index (χ1) is 9.56. The third kappa shape index (κ3) is 2.10. The highest BCUT2D eigenvalue weighted by Gasteiger charge is 2.17. The van der Waals surface area contributed by atoms with Crippen LogP contribution in [0.2, 0.25) is 0 Å². The van der Waals surface area contributed by atoms with E-state index in [0.29, 0.717) is 10.8 Å². The third-order valence-corrected chi connectivity index (χ3v) is 4.70. The van der Waals surface area contributed by atoms with Crippen LogP contribution in [0.1, 0.15) is 5.56 Å². The number of carbonyl (C=O) groups excluding carboxylic acids is 1. The van der Waals surface area contributed by atoms with Gasteiger partial charge < -0.3 is 16.2 Å². The van der Waals surface area contributed by atoms with Crippen molar-refractivity contribution in [1.82, 2.24) is 4.98 Å². The van der Waals surface area contributed by atoms with Gasteiger partial charge in [-0.1, -0.05) is 17.4 Å². The van der Waals surface area contributed by atoms with Crippen LogP contribution in [0.3, 0.4) is 0 Å². The Bertz CT molecular complexity index is 794. The number of fused-ring (bicyclic) bond motifs is 1. The molecule has 5 nitrogen and oxygen atoms in total. The molecule has 3 aromatic rings. The molecule has 0 saturated carbocycles. The number of nitrogen functional groups attached to an aromatic ring is 1. The topological polar surface area (TPSA) is 91.2 Å². The summed E-state index contributed by atoms with van der Waals surface area (Å²) in [6, 6.07) is 5.97. The number of nitrogens with two attached hydrogens (primary N) is 2. The van der Waals surface area contributed by atoms with Gasteiger partial charge in [-0.3, -0.25) is 0 Å². The van der Waals surface area contributed by atoms with Crippen LogP contribution >= 0.6 is 22.7 Å². The van der Waals surface area contributed by atoms with E-state index in [2.05, 4.69) is 4.98 Å². The minimum absolute atomic E-state index is 0.298. The van der Waals surface area contributed by atoms with Crippen LogP contribution in [0, 0.1) is 6.92 Å². The number of nitrogens with zero attached hydrogens (tertiary/aromatic N) is 1. The number of amides is 1. The number of thiophene rings is 2. The van der Waals surface area contributed by atoms with E-state index in [1.807, 2.05) is 30.5 Å². The minimum atomic E-state index is -0.876. The molecule has 0 aliphatic rings. The van der Waals surface area contributed by atoms with Gasteiger partial charge in [0.25, 0.3) is 0 Å². The molecule has 0 bridgehead atoms. The second-order valence-corrected chi connectivity index (χ2v) is 6.12. The molecule has 102 valence electrons. The Hall–Kier alpha value is -2.12. The SMILES string of the molecule is Cc1cc(-c2cccs2)nc2sc(OC(N)=O)c(N)c12. The Morgan fingerprint density at radius 3 is 2.90 bits per heavy atom. The van der Waals surface area contributed by atoms with Crippen molar-refractivity contribution < 1.29 is 9.53 Å². The Morgan fingerprint density at radius 1 is 1.45 bits per heavy atom. The monoisotopic (exact) mass is 305 g/mol. The number of rotatable bonds is 2. The molecular formula is C13H11N3O2S2. The lowest BCUT2D eigenvalue weighted by Crippen LogP contribution is -2.16. The minimum Gasteiger partial charge on any atom is -0.397 e. The maximum absolute atomic E-state index is 10.9. The van der Waals surface area contributed by atoms with Crippen molar-refractivity contribution in [3.05, 3.63) is 29.1 Å². The van der Waals surface area contributed by atoms with E-state index in [1.165, 1.54) is 11.3 Å². The summed E-state index contributed by atoms with van der Waals surface area (Å²) in [7, 11) is 0. The summed E-state index contributed by atoms with van der Waals surface area (Å²) in [6.45, 7) is 1.96. The van der Waals surface area contributed by atoms with Gasteiger partial charge >= 0.3 is 6.09 Å². The highest BCUT2D eigenvalue weighted by Crippen LogP contribution is 2.42. The van der Waals surface area contributed by atoms with E-state index in [9.17, 15) is 4.79 Å². The molecule has 3 heterocycles. The molecule has 0 atom stereocenters. The average Bonchev–Trinajstić information content (AvgIpc) is 2.98. The Kier molecular flexibility index (Phi) is 3.07. The third-order valence-electron chi connectivity index (χ3n) is 2.83. The van der Waals surface area contributed by atoms with Gasteiger partial charge in [0, 0.05) is 5.39 Å². The number of aryl methyl sites for hydroxylation is 1. The lowest BCUT2D eigenvalue weighted by atomic mass is 10.1. The number of pyridine rings is 1. The van der Waals surface area contributed by atoms with Crippen molar-refractivity contribution in [1.29, 1.82) is 0 Å². The molecule has 3 rings (SSSR count). The quantitative estimate of drug-likeness (QED) is 0.759. The molecule has 0 aliphatic heterocycles. The zero-order valence-electron chi connectivity index (χ0n) is 10.5. The maximum atomic E-state index is 10.9. The van der Waals surface area contributed by atoms with Gasteiger partial charge in [0.05, 0.1) is 16.3 Å². The van der Waals surface area contributed by atoms with Crippen LogP contribution in [-0.4, -0.2) is 11.1 Å². The standard InChI is InChI=1S/C13H11N3O2S2/c1-6-5-7(8-3-2-4-19-8)16-11-9(6)10(14)12(20-11)18-13(15)17/h2-5H,14H2,1H3,(H2,15,17). The van der Waals surface area contributed by atoms with Gasteiger partial charge in [0.2, 0.25) is 5.06 Å². The number of primary amides is 1. The van der Waals surface area contributed by atoms with E-state index in [4.69, 9.17) is 16.2 Å².